The molecule has 3 nitrogen and oxygen atoms in total. The van der Waals surface area contributed by atoms with Crippen LogP contribution in [0.4, 0.5) is 14.5 Å². The molecule has 0 spiro atoms. The van der Waals surface area contributed by atoms with Crippen molar-refractivity contribution in [2.45, 2.75) is 32.6 Å². The van der Waals surface area contributed by atoms with Crippen LogP contribution < -0.4 is 5.32 Å². The Bertz CT molecular complexity index is 815. The molecule has 0 aromatic heterocycles. The van der Waals surface area contributed by atoms with Crippen LogP contribution in [0.2, 0.25) is 0 Å². The lowest BCUT2D eigenvalue weighted by molar-refractivity contribution is -0.119. The van der Waals surface area contributed by atoms with Gasteiger partial charge in [0.25, 0.3) is 0 Å². The summed E-state index contributed by atoms with van der Waals surface area (Å²) in [4.78, 5) is 15.0. The lowest BCUT2D eigenvalue weighted by Gasteiger charge is -2.20. The van der Waals surface area contributed by atoms with E-state index in [2.05, 4.69) is 42.3 Å². The number of hydrogen-bond acceptors (Lipinski definition) is 2. The summed E-state index contributed by atoms with van der Waals surface area (Å²) in [6, 6.07) is 10.4. The third-order valence-corrected chi connectivity index (χ3v) is 5.37. The number of hydrogen-bond donors (Lipinski definition) is 1. The highest BCUT2D eigenvalue weighted by molar-refractivity contribution is 5.93. The number of nitrogens with one attached hydrogen (secondary N) is 1. The number of rotatable bonds is 5. The molecule has 1 amide bonds. The van der Waals surface area contributed by atoms with Crippen LogP contribution in [0.15, 0.2) is 36.4 Å². The molecule has 2 aromatic rings. The Balaban J connectivity index is 1.88. The van der Waals surface area contributed by atoms with Crippen molar-refractivity contribution < 1.29 is 13.6 Å². The smallest absolute Gasteiger partial charge is 0.229 e. The predicted molar refractivity (Wildman–Crippen MR) is 104 cm³/mol. The summed E-state index contributed by atoms with van der Waals surface area (Å²) in [5, 5.41) is 2.59. The van der Waals surface area contributed by atoms with Crippen LogP contribution in [0.3, 0.4) is 0 Å². The highest BCUT2D eigenvalue weighted by Gasteiger charge is 2.37. The minimum atomic E-state index is -1.02. The molecule has 2 aromatic carbocycles. The van der Waals surface area contributed by atoms with Crippen molar-refractivity contribution in [2.75, 3.05) is 25.5 Å². The predicted octanol–water partition coefficient (Wildman–Crippen LogP) is 4.37. The number of carbonyl (C=O) groups excluding carboxylic acids is 1. The Morgan fingerprint density at radius 2 is 1.78 bits per heavy atom. The molecule has 27 heavy (non-hydrogen) atoms. The van der Waals surface area contributed by atoms with Crippen LogP contribution in [0.5, 0.6) is 0 Å². The molecule has 0 radical (unpaired) electrons. The Labute approximate surface area is 159 Å². The number of amides is 1. The maximum atomic E-state index is 13.9. The summed E-state index contributed by atoms with van der Waals surface area (Å²) in [5.41, 5.74) is 3.56. The monoisotopic (exact) mass is 372 g/mol. The number of aryl methyl sites for hydroxylation is 2. The largest absolute Gasteiger partial charge is 0.323 e. The number of likely N-dealkylation sites (N-methyl/N-ethyl adjacent to an activating group) is 1. The van der Waals surface area contributed by atoms with Gasteiger partial charge in [0.1, 0.15) is 0 Å². The average Bonchev–Trinajstić information content (AvgIpc) is 3.07. The molecule has 0 saturated carbocycles. The van der Waals surface area contributed by atoms with Crippen LogP contribution in [0.25, 0.3) is 0 Å². The number of carbonyl (C=O) groups is 1. The van der Waals surface area contributed by atoms with E-state index in [9.17, 15) is 13.6 Å². The Kier molecular flexibility index (Phi) is 5.90. The maximum absolute atomic E-state index is 13.9. The Morgan fingerprint density at radius 3 is 2.41 bits per heavy atom. The van der Waals surface area contributed by atoms with Gasteiger partial charge in [0.05, 0.1) is 11.6 Å². The first-order chi connectivity index (χ1) is 12.9. The number of likely N-dealkylation sites (tertiary alicyclic amines) is 1. The first-order valence-corrected chi connectivity index (χ1v) is 9.49. The lowest BCUT2D eigenvalue weighted by Crippen LogP contribution is -2.28. The first kappa shape index (κ1) is 19.5. The van der Waals surface area contributed by atoms with Crippen LogP contribution >= 0.6 is 0 Å². The van der Waals surface area contributed by atoms with E-state index >= 15 is 0 Å². The molecule has 1 aliphatic rings. The summed E-state index contributed by atoms with van der Waals surface area (Å²) in [5.74, 6) is -2.53. The molecule has 0 bridgehead atoms. The molecule has 144 valence electrons. The SMILES string of the molecule is CCc1cc(CC)cc([C@H]2CN(C)C[C@@H]2C(=O)Nc2cccc(F)c2F)c1. The first-order valence-electron chi connectivity index (χ1n) is 9.49. The number of nitrogens with zero attached hydrogens (tertiary/aromatic N) is 1. The number of halogens is 2. The number of benzene rings is 2. The fraction of sp³-hybridized carbons (Fsp3) is 0.409. The molecule has 1 heterocycles. The second-order valence-electron chi connectivity index (χ2n) is 7.31. The van der Waals surface area contributed by atoms with Crippen LogP contribution in [-0.4, -0.2) is 30.9 Å². The van der Waals surface area contributed by atoms with Gasteiger partial charge in [-0.1, -0.05) is 38.1 Å². The summed E-state index contributed by atoms with van der Waals surface area (Å²) in [6.07, 6.45) is 1.88. The van der Waals surface area contributed by atoms with E-state index in [1.165, 1.54) is 23.3 Å². The minimum Gasteiger partial charge on any atom is -0.323 e. The summed E-state index contributed by atoms with van der Waals surface area (Å²) in [7, 11) is 1.98. The second kappa shape index (κ2) is 8.17. The Morgan fingerprint density at radius 1 is 1.11 bits per heavy atom. The van der Waals surface area contributed by atoms with Gasteiger partial charge < -0.3 is 10.2 Å². The second-order valence-corrected chi connectivity index (χ2v) is 7.31. The van der Waals surface area contributed by atoms with Crippen LogP contribution in [-0.2, 0) is 17.6 Å². The van der Waals surface area contributed by atoms with Gasteiger partial charge in [-0.2, -0.15) is 0 Å². The molecule has 5 heteroatoms. The van der Waals surface area contributed by atoms with Gasteiger partial charge in [0.15, 0.2) is 11.6 Å². The summed E-state index contributed by atoms with van der Waals surface area (Å²) < 4.78 is 27.4. The van der Waals surface area contributed by atoms with Gasteiger partial charge >= 0.3 is 0 Å². The molecule has 3 rings (SSSR count). The fourth-order valence-corrected chi connectivity index (χ4v) is 3.84. The highest BCUT2D eigenvalue weighted by Crippen LogP contribution is 2.34. The maximum Gasteiger partial charge on any atom is 0.229 e. The third-order valence-electron chi connectivity index (χ3n) is 5.37. The molecular formula is C22H26F2N2O. The van der Waals surface area contributed by atoms with E-state index < -0.39 is 11.6 Å². The van der Waals surface area contributed by atoms with Crippen molar-refractivity contribution in [2.24, 2.45) is 5.92 Å². The van der Waals surface area contributed by atoms with Gasteiger partial charge in [-0.15, -0.1) is 0 Å². The zero-order chi connectivity index (χ0) is 19.6. The molecule has 0 aliphatic carbocycles. The fourth-order valence-electron chi connectivity index (χ4n) is 3.84. The molecule has 1 saturated heterocycles. The van der Waals surface area contributed by atoms with Crippen molar-refractivity contribution in [3.8, 4) is 0 Å². The third kappa shape index (κ3) is 4.19. The van der Waals surface area contributed by atoms with Crippen LogP contribution in [0, 0.1) is 17.6 Å². The van der Waals surface area contributed by atoms with E-state index in [0.29, 0.717) is 6.54 Å². The zero-order valence-corrected chi connectivity index (χ0v) is 16.1. The topological polar surface area (TPSA) is 32.3 Å². The molecule has 2 atom stereocenters. The Hall–Kier alpha value is -2.27. The zero-order valence-electron chi connectivity index (χ0n) is 16.1. The van der Waals surface area contributed by atoms with Gasteiger partial charge in [0, 0.05) is 19.0 Å². The van der Waals surface area contributed by atoms with E-state index in [-0.39, 0.29) is 23.4 Å². The summed E-state index contributed by atoms with van der Waals surface area (Å²) >= 11 is 0. The summed E-state index contributed by atoms with van der Waals surface area (Å²) in [6.45, 7) is 5.60. The van der Waals surface area contributed by atoms with Crippen molar-refractivity contribution in [3.63, 3.8) is 0 Å². The molecular weight excluding hydrogens is 346 g/mol. The van der Waals surface area contributed by atoms with E-state index in [0.717, 1.165) is 31.0 Å². The average molecular weight is 372 g/mol. The molecule has 0 unspecified atom stereocenters. The van der Waals surface area contributed by atoms with Crippen molar-refractivity contribution in [3.05, 3.63) is 64.7 Å². The highest BCUT2D eigenvalue weighted by atomic mass is 19.2. The van der Waals surface area contributed by atoms with Gasteiger partial charge in [-0.25, -0.2) is 8.78 Å². The van der Waals surface area contributed by atoms with E-state index in [1.807, 2.05) is 7.05 Å². The number of anilines is 1. The van der Waals surface area contributed by atoms with E-state index in [4.69, 9.17) is 0 Å². The van der Waals surface area contributed by atoms with Gasteiger partial charge in [-0.3, -0.25) is 4.79 Å². The molecule has 1 fully saturated rings. The minimum absolute atomic E-state index is 0.0309. The normalized spacial score (nSPS) is 20.0. The van der Waals surface area contributed by atoms with E-state index in [1.54, 1.807) is 0 Å². The molecule has 1 aliphatic heterocycles. The van der Waals surface area contributed by atoms with Crippen LogP contribution in [0.1, 0.15) is 36.5 Å². The van der Waals surface area contributed by atoms with Crippen molar-refractivity contribution >= 4 is 11.6 Å². The van der Waals surface area contributed by atoms with Crippen molar-refractivity contribution in [1.29, 1.82) is 0 Å². The quantitative estimate of drug-likeness (QED) is 0.845. The standard InChI is InChI=1S/C22H26F2N2O/c1-4-14-9-15(5-2)11-16(10-14)17-12-26(3)13-18(17)22(27)25-20-8-6-7-19(23)21(20)24/h6-11,17-18H,4-5,12-13H2,1-3H3,(H,25,27)/t17-,18+/m1/s1. The lowest BCUT2D eigenvalue weighted by atomic mass is 9.86. The van der Waals surface area contributed by atoms with Crippen molar-refractivity contribution in [1.82, 2.24) is 4.90 Å². The molecule has 1 N–H and O–H groups in total. The van der Waals surface area contributed by atoms with Gasteiger partial charge in [0.2, 0.25) is 5.91 Å². The van der Waals surface area contributed by atoms with Gasteiger partial charge in [-0.05, 0) is 48.7 Å².